The molecule has 2 aromatic carbocycles. The number of sulfonamides is 1. The Morgan fingerprint density at radius 2 is 1.74 bits per heavy atom. The predicted molar refractivity (Wildman–Crippen MR) is 98.9 cm³/mol. The molecule has 2 rings (SSSR count). The third-order valence-corrected chi connectivity index (χ3v) is 5.57. The number of benzene rings is 2. The Kier molecular flexibility index (Phi) is 6.32. The number of carbonyl (C=O) groups excluding carboxylic acids is 2. The number of hydroxylamine groups is 1. The first kappa shape index (κ1) is 20.6. The van der Waals surface area contributed by atoms with E-state index in [1.807, 2.05) is 0 Å². The van der Waals surface area contributed by atoms with E-state index in [9.17, 15) is 18.0 Å². The molecule has 0 unspecified atom stereocenters. The quantitative estimate of drug-likeness (QED) is 0.597. The number of carbonyl (C=O) groups is 2. The maximum Gasteiger partial charge on any atom is 0.337 e. The Morgan fingerprint density at radius 3 is 2.37 bits per heavy atom. The van der Waals surface area contributed by atoms with Gasteiger partial charge in [-0.05, 0) is 42.8 Å². The molecule has 0 aliphatic rings. The Hall–Kier alpha value is -2.75. The van der Waals surface area contributed by atoms with Gasteiger partial charge in [-0.15, -0.1) is 0 Å². The molecule has 0 saturated carbocycles. The van der Waals surface area contributed by atoms with E-state index in [0.717, 1.165) is 5.56 Å². The predicted octanol–water partition coefficient (Wildman–Crippen LogP) is 2.22. The summed E-state index contributed by atoms with van der Waals surface area (Å²) < 4.78 is 30.0. The molecular weight excluding hydrogens is 372 g/mol. The fourth-order valence-electron chi connectivity index (χ4n) is 2.24. The highest BCUT2D eigenvalue weighted by atomic mass is 32.2. The second-order valence-corrected chi connectivity index (χ2v) is 7.54. The number of rotatable bonds is 6. The summed E-state index contributed by atoms with van der Waals surface area (Å²) >= 11 is 0. The van der Waals surface area contributed by atoms with Crippen LogP contribution in [0.4, 0.5) is 5.69 Å². The number of methoxy groups -OCH3 is 1. The zero-order chi connectivity index (χ0) is 20.2. The molecule has 0 saturated heterocycles. The Bertz CT molecular complexity index is 972. The standard InChI is InChI=1S/C18H20N2O6S/c1-12-8-9-14(18(22)25-3)11-16(12)19-17(21)13-6-5-7-15(10-13)27(23,24)20(2)26-4/h5-11H,1-4H3,(H,19,21). The molecule has 0 aliphatic heterocycles. The molecule has 0 radical (unpaired) electrons. The topological polar surface area (TPSA) is 102 Å². The van der Waals surface area contributed by atoms with Gasteiger partial charge in [-0.2, -0.15) is 0 Å². The molecule has 144 valence electrons. The first-order valence-electron chi connectivity index (χ1n) is 7.84. The van der Waals surface area contributed by atoms with Crippen molar-refractivity contribution in [1.82, 2.24) is 4.47 Å². The van der Waals surface area contributed by atoms with Crippen LogP contribution in [0, 0.1) is 6.92 Å². The summed E-state index contributed by atoms with van der Waals surface area (Å²) in [6.45, 7) is 1.77. The first-order valence-corrected chi connectivity index (χ1v) is 9.28. The smallest absolute Gasteiger partial charge is 0.337 e. The van der Waals surface area contributed by atoms with Gasteiger partial charge < -0.3 is 10.1 Å². The van der Waals surface area contributed by atoms with Gasteiger partial charge in [0.25, 0.3) is 15.9 Å². The van der Waals surface area contributed by atoms with Crippen LogP contribution in [-0.4, -0.2) is 46.0 Å². The fraction of sp³-hybridized carbons (Fsp3) is 0.222. The van der Waals surface area contributed by atoms with Gasteiger partial charge in [-0.25, -0.2) is 13.2 Å². The molecule has 0 aromatic heterocycles. The fourth-order valence-corrected chi connectivity index (χ4v) is 3.26. The van der Waals surface area contributed by atoms with Crippen LogP contribution in [0.2, 0.25) is 0 Å². The van der Waals surface area contributed by atoms with E-state index in [1.54, 1.807) is 19.1 Å². The van der Waals surface area contributed by atoms with Gasteiger partial charge in [0, 0.05) is 18.3 Å². The summed E-state index contributed by atoms with van der Waals surface area (Å²) in [5.41, 5.74) is 1.59. The summed E-state index contributed by atoms with van der Waals surface area (Å²) in [6, 6.07) is 10.3. The second kappa shape index (κ2) is 8.30. The SMILES string of the molecule is COC(=O)c1ccc(C)c(NC(=O)c2cccc(S(=O)(=O)N(C)OC)c2)c1. The van der Waals surface area contributed by atoms with Crippen LogP contribution in [0.15, 0.2) is 47.4 Å². The lowest BCUT2D eigenvalue weighted by Crippen LogP contribution is -2.26. The van der Waals surface area contributed by atoms with Gasteiger partial charge in [0.05, 0.1) is 24.7 Å². The van der Waals surface area contributed by atoms with Crippen molar-refractivity contribution in [2.75, 3.05) is 26.6 Å². The molecule has 0 fully saturated rings. The third kappa shape index (κ3) is 4.51. The molecule has 0 atom stereocenters. The van der Waals surface area contributed by atoms with Crippen molar-refractivity contribution in [2.45, 2.75) is 11.8 Å². The van der Waals surface area contributed by atoms with Crippen molar-refractivity contribution in [3.05, 3.63) is 59.2 Å². The van der Waals surface area contributed by atoms with E-state index in [2.05, 4.69) is 10.1 Å². The van der Waals surface area contributed by atoms with Crippen LogP contribution in [0.3, 0.4) is 0 Å². The Balaban J connectivity index is 2.32. The summed E-state index contributed by atoms with van der Waals surface area (Å²) in [5, 5.41) is 2.68. The normalized spacial score (nSPS) is 11.3. The summed E-state index contributed by atoms with van der Waals surface area (Å²) in [6.07, 6.45) is 0. The largest absolute Gasteiger partial charge is 0.465 e. The van der Waals surface area contributed by atoms with E-state index in [1.165, 1.54) is 51.6 Å². The molecule has 0 aliphatic carbocycles. The highest BCUT2D eigenvalue weighted by molar-refractivity contribution is 7.89. The number of hydrogen-bond donors (Lipinski definition) is 1. The molecule has 8 nitrogen and oxygen atoms in total. The number of esters is 1. The van der Waals surface area contributed by atoms with E-state index in [0.29, 0.717) is 10.2 Å². The second-order valence-electron chi connectivity index (χ2n) is 5.60. The third-order valence-electron chi connectivity index (χ3n) is 3.90. The van der Waals surface area contributed by atoms with Gasteiger partial charge in [0.15, 0.2) is 0 Å². The maximum atomic E-state index is 12.6. The van der Waals surface area contributed by atoms with E-state index < -0.39 is 21.9 Å². The lowest BCUT2D eigenvalue weighted by molar-refractivity contribution is -0.0258. The van der Waals surface area contributed by atoms with Crippen LogP contribution in [-0.2, 0) is 19.6 Å². The molecule has 27 heavy (non-hydrogen) atoms. The van der Waals surface area contributed by atoms with E-state index in [-0.39, 0.29) is 16.0 Å². The van der Waals surface area contributed by atoms with E-state index in [4.69, 9.17) is 4.84 Å². The van der Waals surface area contributed by atoms with Crippen molar-refractivity contribution in [3.8, 4) is 0 Å². The van der Waals surface area contributed by atoms with Crippen LogP contribution in [0.1, 0.15) is 26.3 Å². The Morgan fingerprint density at radius 1 is 1.04 bits per heavy atom. The van der Waals surface area contributed by atoms with Crippen LogP contribution in [0.25, 0.3) is 0 Å². The minimum atomic E-state index is -3.88. The monoisotopic (exact) mass is 392 g/mol. The van der Waals surface area contributed by atoms with Crippen molar-refractivity contribution < 1.29 is 27.6 Å². The molecule has 2 aromatic rings. The molecule has 0 heterocycles. The molecule has 0 bridgehead atoms. The number of aryl methyl sites for hydroxylation is 1. The zero-order valence-electron chi connectivity index (χ0n) is 15.3. The lowest BCUT2D eigenvalue weighted by atomic mass is 10.1. The number of amides is 1. The van der Waals surface area contributed by atoms with Gasteiger partial charge in [0.1, 0.15) is 0 Å². The maximum absolute atomic E-state index is 12.6. The number of anilines is 1. The van der Waals surface area contributed by atoms with Gasteiger partial charge in [0.2, 0.25) is 0 Å². The average Bonchev–Trinajstić information content (AvgIpc) is 2.68. The van der Waals surface area contributed by atoms with Gasteiger partial charge in [-0.3, -0.25) is 9.63 Å². The summed E-state index contributed by atoms with van der Waals surface area (Å²) in [7, 11) is -0.129. The van der Waals surface area contributed by atoms with E-state index >= 15 is 0 Å². The van der Waals surface area contributed by atoms with Crippen molar-refractivity contribution in [1.29, 1.82) is 0 Å². The average molecular weight is 392 g/mol. The van der Waals surface area contributed by atoms with Gasteiger partial charge >= 0.3 is 5.97 Å². The van der Waals surface area contributed by atoms with Crippen LogP contribution in [0.5, 0.6) is 0 Å². The molecule has 1 amide bonds. The number of nitrogens with zero attached hydrogens (tertiary/aromatic N) is 1. The molecule has 0 spiro atoms. The summed E-state index contributed by atoms with van der Waals surface area (Å²) in [5.74, 6) is -1.04. The van der Waals surface area contributed by atoms with Gasteiger partial charge in [-0.1, -0.05) is 16.6 Å². The van der Waals surface area contributed by atoms with Crippen LogP contribution >= 0.6 is 0 Å². The van der Waals surface area contributed by atoms with Crippen molar-refractivity contribution >= 4 is 27.6 Å². The lowest BCUT2D eigenvalue weighted by Gasteiger charge is -2.15. The molecule has 9 heteroatoms. The Labute approximate surface area is 157 Å². The minimum absolute atomic E-state index is 0.0838. The summed E-state index contributed by atoms with van der Waals surface area (Å²) in [4.78, 5) is 28.9. The van der Waals surface area contributed by atoms with Crippen molar-refractivity contribution in [2.24, 2.45) is 0 Å². The zero-order valence-corrected chi connectivity index (χ0v) is 16.2. The highest BCUT2D eigenvalue weighted by Gasteiger charge is 2.22. The number of nitrogens with one attached hydrogen (secondary N) is 1. The number of hydrogen-bond acceptors (Lipinski definition) is 6. The molecular formula is C18H20N2O6S. The number of ether oxygens (including phenoxy) is 1. The van der Waals surface area contributed by atoms with Crippen molar-refractivity contribution in [3.63, 3.8) is 0 Å². The molecule has 1 N–H and O–H groups in total. The highest BCUT2D eigenvalue weighted by Crippen LogP contribution is 2.20. The van der Waals surface area contributed by atoms with Crippen LogP contribution < -0.4 is 5.32 Å². The minimum Gasteiger partial charge on any atom is -0.465 e. The first-order chi connectivity index (χ1) is 12.7.